The molecule has 5 N–H and O–H groups in total. The van der Waals surface area contributed by atoms with Crippen LogP contribution in [0, 0.1) is 0 Å². The molecule has 0 spiro atoms. The zero-order valence-electron chi connectivity index (χ0n) is 13.2. The Balaban J connectivity index is 0.000000541. The third-order valence-electron chi connectivity index (χ3n) is 2.77. The third-order valence-corrected chi connectivity index (χ3v) is 3.72. The van der Waals surface area contributed by atoms with Crippen LogP contribution in [0.5, 0.6) is 0 Å². The molecule has 26 heavy (non-hydrogen) atoms. The summed E-state index contributed by atoms with van der Waals surface area (Å²) < 4.78 is 30.6. The van der Waals surface area contributed by atoms with Crippen LogP contribution < -0.4 is 0 Å². The lowest BCUT2D eigenvalue weighted by molar-refractivity contribution is -0.139. The van der Waals surface area contributed by atoms with E-state index in [0.29, 0.717) is 12.8 Å². The first-order chi connectivity index (χ1) is 11.9. The van der Waals surface area contributed by atoms with Crippen LogP contribution in [0.1, 0.15) is 46.4 Å². The Kier molecular flexibility index (Phi) is 8.94. The average Bonchev–Trinajstić information content (AvgIpc) is 2.50. The molecular weight excluding hydrogens is 376 g/mol. The van der Waals surface area contributed by atoms with Gasteiger partial charge in [0.15, 0.2) is 0 Å². The molecular formula is C14H16O11S. The fourth-order valence-corrected chi connectivity index (χ4v) is 2.57. The number of hydrogen-bond acceptors (Lipinski definition) is 6. The molecule has 1 aromatic rings. The van der Waals surface area contributed by atoms with E-state index < -0.39 is 50.0 Å². The van der Waals surface area contributed by atoms with Crippen LogP contribution in [0.2, 0.25) is 0 Å². The van der Waals surface area contributed by atoms with E-state index in [1.54, 1.807) is 0 Å². The lowest BCUT2D eigenvalue weighted by Crippen LogP contribution is -2.14. The quantitative estimate of drug-likeness (QED) is 0.312. The first kappa shape index (κ1) is 23.0. The highest BCUT2D eigenvalue weighted by molar-refractivity contribution is 7.86. The number of rotatable bonds is 8. The highest BCUT2D eigenvalue weighted by Gasteiger charge is 2.26. The first-order valence-electron chi connectivity index (χ1n) is 6.88. The molecule has 0 amide bonds. The zero-order chi connectivity index (χ0) is 20.5. The molecule has 0 unspecified atom stereocenters. The van der Waals surface area contributed by atoms with Crippen molar-refractivity contribution >= 4 is 34.0 Å². The lowest BCUT2D eigenvalue weighted by Gasteiger charge is -2.05. The predicted octanol–water partition coefficient (Wildman–Crippen LogP) is 1.05. The molecule has 11 nitrogen and oxygen atoms in total. The van der Waals surface area contributed by atoms with E-state index in [2.05, 4.69) is 0 Å². The highest BCUT2D eigenvalue weighted by atomic mass is 32.2. The van der Waals surface area contributed by atoms with E-state index in [9.17, 15) is 27.6 Å². The van der Waals surface area contributed by atoms with Crippen LogP contribution in [-0.2, 0) is 19.7 Å². The summed E-state index contributed by atoms with van der Waals surface area (Å²) in [6.45, 7) is 0. The summed E-state index contributed by atoms with van der Waals surface area (Å²) in [5.41, 5.74) is -1.58. The SMILES string of the molecule is O=C(O)CCCCC(=O)O.O=C(O)c1cccc(C(=O)O)c1S(=O)(=O)O. The van der Waals surface area contributed by atoms with Crippen LogP contribution in [0.3, 0.4) is 0 Å². The molecule has 0 aliphatic carbocycles. The van der Waals surface area contributed by atoms with Gasteiger partial charge in [0, 0.05) is 12.8 Å². The molecule has 0 aromatic heterocycles. The molecule has 0 fully saturated rings. The summed E-state index contributed by atoms with van der Waals surface area (Å²) in [6, 6.07) is 2.84. The fraction of sp³-hybridized carbons (Fsp3) is 0.286. The predicted molar refractivity (Wildman–Crippen MR) is 83.9 cm³/mol. The van der Waals surface area contributed by atoms with Gasteiger partial charge in [-0.3, -0.25) is 14.1 Å². The van der Waals surface area contributed by atoms with Gasteiger partial charge in [0.05, 0.1) is 11.1 Å². The Morgan fingerprint density at radius 2 is 1.12 bits per heavy atom. The van der Waals surface area contributed by atoms with E-state index in [4.69, 9.17) is 25.0 Å². The van der Waals surface area contributed by atoms with Crippen LogP contribution in [0.25, 0.3) is 0 Å². The highest BCUT2D eigenvalue weighted by Crippen LogP contribution is 2.20. The molecule has 0 radical (unpaired) electrons. The van der Waals surface area contributed by atoms with Gasteiger partial charge >= 0.3 is 23.9 Å². The second kappa shape index (κ2) is 10.1. The van der Waals surface area contributed by atoms with Gasteiger partial charge in [-0.25, -0.2) is 9.59 Å². The van der Waals surface area contributed by atoms with Gasteiger partial charge in [0.1, 0.15) is 4.90 Å². The molecule has 0 aliphatic heterocycles. The second-order valence-electron chi connectivity index (χ2n) is 4.76. The lowest BCUT2D eigenvalue weighted by atomic mass is 10.1. The van der Waals surface area contributed by atoms with Crippen molar-refractivity contribution in [1.29, 1.82) is 0 Å². The van der Waals surface area contributed by atoms with Crippen molar-refractivity contribution in [1.82, 2.24) is 0 Å². The Labute approximate surface area is 147 Å². The van der Waals surface area contributed by atoms with Crippen molar-refractivity contribution in [3.63, 3.8) is 0 Å². The fourth-order valence-electron chi connectivity index (χ4n) is 1.70. The van der Waals surface area contributed by atoms with Gasteiger partial charge in [-0.15, -0.1) is 0 Å². The van der Waals surface area contributed by atoms with E-state index in [1.807, 2.05) is 0 Å². The van der Waals surface area contributed by atoms with Crippen LogP contribution in [0.15, 0.2) is 23.1 Å². The minimum Gasteiger partial charge on any atom is -0.481 e. The Morgan fingerprint density at radius 3 is 1.35 bits per heavy atom. The maximum absolute atomic E-state index is 10.9. The summed E-state index contributed by atoms with van der Waals surface area (Å²) >= 11 is 0. The number of unbranched alkanes of at least 4 members (excludes halogenated alkanes) is 1. The standard InChI is InChI=1S/C8H6O7S.C6H10O4/c9-7(10)4-2-1-3-5(8(11)12)6(4)16(13,14)15;7-5(8)3-1-2-4-6(9)10/h1-3H,(H,9,10)(H,11,12)(H,13,14,15);1-4H2,(H,7,8)(H,9,10). The molecule has 0 aliphatic rings. The molecule has 0 saturated heterocycles. The minimum absolute atomic E-state index is 0.0628. The number of benzene rings is 1. The molecule has 0 heterocycles. The Hall–Kier alpha value is -2.99. The molecule has 1 aromatic carbocycles. The number of carboxylic acids is 4. The normalized spacial score (nSPS) is 10.3. The smallest absolute Gasteiger partial charge is 0.337 e. The van der Waals surface area contributed by atoms with Crippen LogP contribution >= 0.6 is 0 Å². The molecule has 12 heteroatoms. The van der Waals surface area contributed by atoms with E-state index in [0.717, 1.165) is 18.2 Å². The van der Waals surface area contributed by atoms with E-state index >= 15 is 0 Å². The first-order valence-corrected chi connectivity index (χ1v) is 8.32. The molecule has 1 rings (SSSR count). The molecule has 0 saturated carbocycles. The van der Waals surface area contributed by atoms with Crippen LogP contribution in [-0.4, -0.2) is 57.3 Å². The van der Waals surface area contributed by atoms with E-state index in [1.165, 1.54) is 0 Å². The minimum atomic E-state index is -4.92. The van der Waals surface area contributed by atoms with Crippen molar-refractivity contribution < 1.29 is 52.6 Å². The molecule has 0 bridgehead atoms. The third kappa shape index (κ3) is 8.21. The van der Waals surface area contributed by atoms with Crippen LogP contribution in [0.4, 0.5) is 0 Å². The molecule has 144 valence electrons. The average molecular weight is 392 g/mol. The summed E-state index contributed by atoms with van der Waals surface area (Å²) in [6.07, 6.45) is 1.02. The maximum Gasteiger partial charge on any atom is 0.337 e. The van der Waals surface area contributed by atoms with E-state index in [-0.39, 0.29) is 12.8 Å². The van der Waals surface area contributed by atoms with Gasteiger partial charge in [-0.05, 0) is 25.0 Å². The monoisotopic (exact) mass is 392 g/mol. The summed E-state index contributed by atoms with van der Waals surface area (Å²) in [7, 11) is -4.92. The van der Waals surface area contributed by atoms with Crippen molar-refractivity contribution in [2.45, 2.75) is 30.6 Å². The Morgan fingerprint density at radius 1 is 0.769 bits per heavy atom. The van der Waals surface area contributed by atoms with Gasteiger partial charge < -0.3 is 20.4 Å². The van der Waals surface area contributed by atoms with Gasteiger partial charge in [-0.2, -0.15) is 8.42 Å². The van der Waals surface area contributed by atoms with Gasteiger partial charge in [0.25, 0.3) is 10.1 Å². The Bertz CT molecular complexity index is 747. The number of hydrogen-bond donors (Lipinski definition) is 5. The topological polar surface area (TPSA) is 204 Å². The number of aromatic carboxylic acids is 2. The summed E-state index contributed by atoms with van der Waals surface area (Å²) in [5.74, 6) is -5.03. The second-order valence-corrected chi connectivity index (χ2v) is 6.12. The summed E-state index contributed by atoms with van der Waals surface area (Å²) in [4.78, 5) is 40.0. The van der Waals surface area contributed by atoms with Crippen molar-refractivity contribution in [2.75, 3.05) is 0 Å². The number of aliphatic carboxylic acids is 2. The molecule has 0 atom stereocenters. The van der Waals surface area contributed by atoms with Gasteiger partial charge in [-0.1, -0.05) is 6.07 Å². The number of carbonyl (C=O) groups is 4. The zero-order valence-corrected chi connectivity index (χ0v) is 14.0. The maximum atomic E-state index is 10.9. The summed E-state index contributed by atoms with van der Waals surface area (Å²) in [5, 5.41) is 33.6. The van der Waals surface area contributed by atoms with Gasteiger partial charge in [0.2, 0.25) is 0 Å². The van der Waals surface area contributed by atoms with Crippen molar-refractivity contribution in [2.24, 2.45) is 0 Å². The van der Waals surface area contributed by atoms with Crippen molar-refractivity contribution in [3.8, 4) is 0 Å². The largest absolute Gasteiger partial charge is 0.481 e. The number of carboxylic acid groups (broad SMARTS) is 4. The van der Waals surface area contributed by atoms with Crippen molar-refractivity contribution in [3.05, 3.63) is 29.3 Å².